The molecule has 1 rings (SSSR count). The van der Waals surface area contributed by atoms with Gasteiger partial charge in [-0.05, 0) is 19.3 Å². The fourth-order valence-electron chi connectivity index (χ4n) is 2.64. The van der Waals surface area contributed by atoms with Gasteiger partial charge in [0.2, 0.25) is 0 Å². The lowest BCUT2D eigenvalue weighted by Crippen LogP contribution is -2.62. The molecule has 1 aliphatic heterocycles. The van der Waals surface area contributed by atoms with Crippen LogP contribution in [0.15, 0.2) is 0 Å². The Morgan fingerprint density at radius 2 is 2.11 bits per heavy atom. The fourth-order valence-corrected chi connectivity index (χ4v) is 2.64. The van der Waals surface area contributed by atoms with E-state index in [0.29, 0.717) is 0 Å². The minimum absolute atomic E-state index is 0.183. The molecule has 1 fully saturated rings. The summed E-state index contributed by atoms with van der Waals surface area (Å²) in [6, 6.07) is 0. The highest BCUT2D eigenvalue weighted by Gasteiger charge is 2.40. The van der Waals surface area contributed by atoms with E-state index in [1.807, 2.05) is 6.92 Å². The number of hydrogen-bond donors (Lipinski definition) is 1. The van der Waals surface area contributed by atoms with Crippen LogP contribution >= 0.6 is 0 Å². The van der Waals surface area contributed by atoms with Crippen LogP contribution in [-0.2, 0) is 9.53 Å². The molecule has 0 radical (unpaired) electrons. The topological polar surface area (TPSA) is 49.8 Å². The largest absolute Gasteiger partial charge is 0.480 e. The zero-order chi connectivity index (χ0) is 13.6. The van der Waals surface area contributed by atoms with Gasteiger partial charge in [0.25, 0.3) is 0 Å². The highest BCUT2D eigenvalue weighted by atomic mass is 16.5. The van der Waals surface area contributed by atoms with Crippen LogP contribution in [-0.4, -0.2) is 47.8 Å². The Morgan fingerprint density at radius 3 is 2.61 bits per heavy atom. The molecule has 106 valence electrons. The van der Waals surface area contributed by atoms with Crippen LogP contribution in [0.5, 0.6) is 0 Å². The van der Waals surface area contributed by atoms with Crippen LogP contribution in [0.2, 0.25) is 0 Å². The molecule has 0 saturated carbocycles. The number of hydrogen-bond acceptors (Lipinski definition) is 3. The summed E-state index contributed by atoms with van der Waals surface area (Å²) in [6.07, 6.45) is 5.09. The van der Waals surface area contributed by atoms with Crippen LogP contribution < -0.4 is 0 Å². The predicted octanol–water partition coefficient (Wildman–Crippen LogP) is 2.38. The van der Waals surface area contributed by atoms with E-state index in [1.165, 1.54) is 25.7 Å². The Balaban J connectivity index is 2.21. The van der Waals surface area contributed by atoms with Crippen molar-refractivity contribution in [2.24, 2.45) is 5.92 Å². The van der Waals surface area contributed by atoms with Gasteiger partial charge in [0, 0.05) is 19.6 Å². The molecule has 0 aromatic rings. The van der Waals surface area contributed by atoms with Gasteiger partial charge in [-0.25, -0.2) is 4.79 Å². The zero-order valence-corrected chi connectivity index (χ0v) is 11.9. The average Bonchev–Trinajstić information content (AvgIpc) is 2.29. The molecule has 1 saturated heterocycles. The summed E-state index contributed by atoms with van der Waals surface area (Å²) < 4.78 is 5.41. The second-order valence-electron chi connectivity index (χ2n) is 5.72. The van der Waals surface area contributed by atoms with E-state index < -0.39 is 5.97 Å². The first-order valence-electron chi connectivity index (χ1n) is 7.07. The summed E-state index contributed by atoms with van der Waals surface area (Å²) >= 11 is 0. The van der Waals surface area contributed by atoms with Gasteiger partial charge in [0.15, 0.2) is 0 Å². The van der Waals surface area contributed by atoms with Crippen LogP contribution in [0.25, 0.3) is 0 Å². The van der Waals surface area contributed by atoms with Gasteiger partial charge in [-0.1, -0.05) is 33.1 Å². The summed E-state index contributed by atoms with van der Waals surface area (Å²) in [7, 11) is 0. The molecule has 4 nitrogen and oxygen atoms in total. The van der Waals surface area contributed by atoms with Gasteiger partial charge in [0.1, 0.15) is 6.61 Å². The quantitative estimate of drug-likeness (QED) is 0.689. The van der Waals surface area contributed by atoms with Gasteiger partial charge in [-0.2, -0.15) is 0 Å². The van der Waals surface area contributed by atoms with Crippen LogP contribution in [0.4, 0.5) is 0 Å². The molecule has 1 heterocycles. The molecular weight excluding hydrogens is 230 g/mol. The number of nitrogens with zero attached hydrogens (tertiary/aromatic N) is 1. The average molecular weight is 257 g/mol. The van der Waals surface area contributed by atoms with E-state index in [0.717, 1.165) is 25.6 Å². The highest BCUT2D eigenvalue weighted by Crippen LogP contribution is 2.27. The van der Waals surface area contributed by atoms with Crippen LogP contribution in [0.3, 0.4) is 0 Å². The third kappa shape index (κ3) is 4.94. The minimum Gasteiger partial charge on any atom is -0.480 e. The zero-order valence-electron chi connectivity index (χ0n) is 11.9. The van der Waals surface area contributed by atoms with Crippen LogP contribution in [0, 0.1) is 5.92 Å². The lowest BCUT2D eigenvalue weighted by molar-refractivity contribution is -0.165. The van der Waals surface area contributed by atoms with Gasteiger partial charge in [-0.15, -0.1) is 0 Å². The van der Waals surface area contributed by atoms with Crippen molar-refractivity contribution >= 4 is 5.97 Å². The summed E-state index contributed by atoms with van der Waals surface area (Å²) in [5.74, 6) is -0.113. The first kappa shape index (κ1) is 15.4. The summed E-state index contributed by atoms with van der Waals surface area (Å²) in [4.78, 5) is 12.9. The molecule has 1 N–H and O–H groups in total. The Hall–Kier alpha value is -0.610. The third-order valence-electron chi connectivity index (χ3n) is 3.72. The minimum atomic E-state index is -0.885. The monoisotopic (exact) mass is 257 g/mol. The maximum Gasteiger partial charge on any atom is 0.329 e. The van der Waals surface area contributed by atoms with Crippen molar-refractivity contribution < 1.29 is 14.6 Å². The van der Waals surface area contributed by atoms with Crippen molar-refractivity contribution in [2.75, 3.05) is 26.2 Å². The SMILES string of the molecule is CCCCC(CC)CN1CC(C)(OCC(=O)O)C1. The first-order chi connectivity index (χ1) is 8.49. The number of ether oxygens (including phenoxy) is 1. The van der Waals surface area contributed by atoms with E-state index in [2.05, 4.69) is 18.7 Å². The van der Waals surface area contributed by atoms with Gasteiger partial charge in [0.05, 0.1) is 5.60 Å². The molecule has 4 heteroatoms. The van der Waals surface area contributed by atoms with Crippen molar-refractivity contribution in [3.8, 4) is 0 Å². The Kier molecular flexibility index (Phi) is 6.09. The molecule has 0 amide bonds. The maximum absolute atomic E-state index is 10.5. The van der Waals surface area contributed by atoms with Crippen molar-refractivity contribution in [1.29, 1.82) is 0 Å². The number of carbonyl (C=O) groups is 1. The molecule has 18 heavy (non-hydrogen) atoms. The van der Waals surface area contributed by atoms with Gasteiger partial charge >= 0.3 is 5.97 Å². The van der Waals surface area contributed by atoms with E-state index in [4.69, 9.17) is 9.84 Å². The Bertz CT molecular complexity index is 262. The van der Waals surface area contributed by atoms with Crippen molar-refractivity contribution in [3.63, 3.8) is 0 Å². The van der Waals surface area contributed by atoms with E-state index in [1.54, 1.807) is 0 Å². The van der Waals surface area contributed by atoms with E-state index >= 15 is 0 Å². The van der Waals surface area contributed by atoms with Crippen LogP contribution in [0.1, 0.15) is 46.5 Å². The number of unbranched alkanes of at least 4 members (excludes halogenated alkanes) is 1. The molecule has 0 aromatic heterocycles. The molecular formula is C14H27NO3. The second-order valence-corrected chi connectivity index (χ2v) is 5.72. The lowest BCUT2D eigenvalue weighted by atomic mass is 9.92. The normalized spacial score (nSPS) is 20.4. The van der Waals surface area contributed by atoms with Gasteiger partial charge < -0.3 is 9.84 Å². The number of rotatable bonds is 9. The smallest absolute Gasteiger partial charge is 0.329 e. The van der Waals surface area contributed by atoms with E-state index in [9.17, 15) is 4.79 Å². The molecule has 1 unspecified atom stereocenters. The summed E-state index contributed by atoms with van der Waals surface area (Å²) in [5.41, 5.74) is -0.249. The predicted molar refractivity (Wildman–Crippen MR) is 71.7 cm³/mol. The fraction of sp³-hybridized carbons (Fsp3) is 0.929. The number of carboxylic acid groups (broad SMARTS) is 1. The summed E-state index contributed by atoms with van der Waals surface area (Å²) in [5, 5.41) is 8.60. The molecule has 1 atom stereocenters. The van der Waals surface area contributed by atoms with Gasteiger partial charge in [-0.3, -0.25) is 4.90 Å². The number of aliphatic carboxylic acids is 1. The molecule has 0 aromatic carbocycles. The highest BCUT2D eigenvalue weighted by molar-refractivity contribution is 5.68. The maximum atomic E-state index is 10.5. The molecule has 0 spiro atoms. The van der Waals surface area contributed by atoms with Crippen molar-refractivity contribution in [3.05, 3.63) is 0 Å². The molecule has 0 aliphatic carbocycles. The standard InChI is InChI=1S/C14H27NO3/c1-4-6-7-12(5-2)8-15-10-14(3,11-15)18-9-13(16)17/h12H,4-11H2,1-3H3,(H,16,17). The van der Waals surface area contributed by atoms with Crippen molar-refractivity contribution in [2.45, 2.75) is 52.1 Å². The molecule has 0 bridgehead atoms. The summed E-state index contributed by atoms with van der Waals surface area (Å²) in [6.45, 7) is 9.15. The Morgan fingerprint density at radius 1 is 1.44 bits per heavy atom. The van der Waals surface area contributed by atoms with E-state index in [-0.39, 0.29) is 12.2 Å². The second kappa shape index (κ2) is 7.10. The molecule has 1 aliphatic rings. The first-order valence-corrected chi connectivity index (χ1v) is 7.07. The Labute approximate surface area is 110 Å². The lowest BCUT2D eigenvalue weighted by Gasteiger charge is -2.48. The third-order valence-corrected chi connectivity index (χ3v) is 3.72. The number of carboxylic acids is 1. The number of likely N-dealkylation sites (tertiary alicyclic amines) is 1. The van der Waals surface area contributed by atoms with Crippen molar-refractivity contribution in [1.82, 2.24) is 4.90 Å².